The van der Waals surface area contributed by atoms with Gasteiger partial charge in [-0.2, -0.15) is 0 Å². The van der Waals surface area contributed by atoms with Crippen LogP contribution in [0.15, 0.2) is 12.4 Å². The van der Waals surface area contributed by atoms with Gasteiger partial charge in [-0.3, -0.25) is 0 Å². The molecule has 24 heavy (non-hydrogen) atoms. The van der Waals surface area contributed by atoms with E-state index in [4.69, 9.17) is 22.3 Å². The number of aromatic nitrogens is 2. The van der Waals surface area contributed by atoms with Gasteiger partial charge in [0, 0.05) is 48.0 Å². The predicted octanol–water partition coefficient (Wildman–Crippen LogP) is 2.28. The van der Waals surface area contributed by atoms with Gasteiger partial charge in [-0.25, -0.2) is 18.7 Å². The number of rotatable bonds is 3. The maximum absolute atomic E-state index is 14.0. The van der Waals surface area contributed by atoms with E-state index < -0.39 is 12.3 Å². The van der Waals surface area contributed by atoms with E-state index in [-0.39, 0.29) is 29.9 Å². The van der Waals surface area contributed by atoms with Gasteiger partial charge in [-0.15, -0.1) is 0 Å². The van der Waals surface area contributed by atoms with Crippen LogP contribution in [0.3, 0.4) is 0 Å². The molecule has 124 valence electrons. The number of hydrogen-bond donors (Lipinski definition) is 4. The van der Waals surface area contributed by atoms with Gasteiger partial charge < -0.3 is 22.3 Å². The second kappa shape index (κ2) is 5.63. The highest BCUT2D eigenvalue weighted by Crippen LogP contribution is 2.40. The van der Waals surface area contributed by atoms with Crippen LogP contribution >= 0.6 is 0 Å². The molecule has 0 saturated carbocycles. The molecule has 0 bridgehead atoms. The number of nitrogen functional groups attached to an aromatic ring is 1. The number of hydrogen-bond acceptors (Lipinski definition) is 6. The molecule has 0 spiro atoms. The third-order valence-electron chi connectivity index (χ3n) is 4.24. The van der Waals surface area contributed by atoms with Crippen LogP contribution in [0.2, 0.25) is 0 Å². The van der Waals surface area contributed by atoms with Crippen molar-refractivity contribution in [3.8, 4) is 0 Å². The summed E-state index contributed by atoms with van der Waals surface area (Å²) in [5.41, 5.74) is 13.7. The van der Waals surface area contributed by atoms with Crippen molar-refractivity contribution >= 4 is 34.7 Å². The Hall–Kier alpha value is -2.90. The average Bonchev–Trinajstić information content (AvgIpc) is 2.55. The molecular formula is C16H16F2N6. The molecule has 0 aromatic carbocycles. The molecule has 0 radical (unpaired) electrons. The summed E-state index contributed by atoms with van der Waals surface area (Å²) in [4.78, 5) is 8.41. The highest BCUT2D eigenvalue weighted by molar-refractivity contribution is 6.10. The zero-order valence-corrected chi connectivity index (χ0v) is 12.7. The Balaban J connectivity index is 2.45. The number of fused-ring (bicyclic) bond motifs is 3. The molecule has 2 aromatic rings. The Morgan fingerprint density at radius 3 is 2.67 bits per heavy atom. The Labute approximate surface area is 136 Å². The van der Waals surface area contributed by atoms with Crippen LogP contribution in [0.25, 0.3) is 16.5 Å². The Morgan fingerprint density at radius 1 is 1.29 bits per heavy atom. The van der Waals surface area contributed by atoms with Crippen molar-refractivity contribution in [1.82, 2.24) is 9.97 Å². The number of anilines is 1. The first-order valence-electron chi connectivity index (χ1n) is 7.33. The van der Waals surface area contributed by atoms with E-state index in [9.17, 15) is 8.78 Å². The van der Waals surface area contributed by atoms with Crippen molar-refractivity contribution in [1.29, 1.82) is 10.8 Å². The van der Waals surface area contributed by atoms with Crippen LogP contribution in [0.5, 0.6) is 0 Å². The number of halogens is 2. The smallest absolute Gasteiger partial charge is 0.252 e. The summed E-state index contributed by atoms with van der Waals surface area (Å²) in [6.45, 7) is 0. The SMILES string of the molecule is N=C/C(=C\N)c1nc2cnc(N)c(C=N)c2c2c1CC(F)(F)CC2. The minimum atomic E-state index is -2.84. The first-order chi connectivity index (χ1) is 11.4. The molecule has 0 atom stereocenters. The average molecular weight is 330 g/mol. The lowest BCUT2D eigenvalue weighted by atomic mass is 9.83. The summed E-state index contributed by atoms with van der Waals surface area (Å²) in [5, 5.41) is 15.6. The summed E-state index contributed by atoms with van der Waals surface area (Å²) in [6, 6.07) is 0. The van der Waals surface area contributed by atoms with Crippen molar-refractivity contribution in [2.24, 2.45) is 5.73 Å². The molecule has 0 unspecified atom stereocenters. The third kappa shape index (κ3) is 2.40. The quantitative estimate of drug-likeness (QED) is 0.644. The maximum Gasteiger partial charge on any atom is 0.252 e. The summed E-state index contributed by atoms with van der Waals surface area (Å²) < 4.78 is 28.0. The summed E-state index contributed by atoms with van der Waals surface area (Å²) in [6.07, 6.45) is 4.05. The highest BCUT2D eigenvalue weighted by atomic mass is 19.3. The lowest BCUT2D eigenvalue weighted by Crippen LogP contribution is -2.28. The zero-order valence-electron chi connectivity index (χ0n) is 12.7. The van der Waals surface area contributed by atoms with Crippen molar-refractivity contribution in [2.45, 2.75) is 25.2 Å². The van der Waals surface area contributed by atoms with Crippen LogP contribution in [0, 0.1) is 10.8 Å². The van der Waals surface area contributed by atoms with E-state index >= 15 is 0 Å². The van der Waals surface area contributed by atoms with Gasteiger partial charge in [-0.05, 0) is 17.5 Å². The van der Waals surface area contributed by atoms with Gasteiger partial charge >= 0.3 is 0 Å². The summed E-state index contributed by atoms with van der Waals surface area (Å²) in [5.74, 6) is -2.68. The van der Waals surface area contributed by atoms with E-state index in [0.717, 1.165) is 12.4 Å². The fraction of sp³-hybridized carbons (Fsp3) is 0.250. The number of pyridine rings is 2. The molecule has 6 N–H and O–H groups in total. The van der Waals surface area contributed by atoms with E-state index in [2.05, 4.69) is 9.97 Å². The molecule has 0 aliphatic heterocycles. The molecule has 6 nitrogen and oxygen atoms in total. The van der Waals surface area contributed by atoms with E-state index in [0.29, 0.717) is 27.6 Å². The number of allylic oxidation sites excluding steroid dienone is 1. The highest BCUT2D eigenvalue weighted by Gasteiger charge is 2.37. The molecular weight excluding hydrogens is 314 g/mol. The molecule has 8 heteroatoms. The van der Waals surface area contributed by atoms with Gasteiger partial charge in [0.2, 0.25) is 0 Å². The van der Waals surface area contributed by atoms with Gasteiger partial charge in [0.15, 0.2) is 0 Å². The lowest BCUT2D eigenvalue weighted by Gasteiger charge is -2.28. The standard InChI is InChI=1S/C16H16F2N6/c17-16(18)2-1-9-10(3-16)14(8(4-19)5-20)24-12-7-23-15(22)11(6-21)13(9)12/h4-7,19,21H,1-3,20H2,(H2,22,23)/b8-5+,19-4?,21-6?. The maximum atomic E-state index is 14.0. The van der Waals surface area contributed by atoms with Gasteiger partial charge in [-0.1, -0.05) is 0 Å². The number of aryl methyl sites for hydroxylation is 1. The fourth-order valence-corrected chi connectivity index (χ4v) is 3.12. The van der Waals surface area contributed by atoms with Crippen molar-refractivity contribution in [3.05, 3.63) is 34.8 Å². The Morgan fingerprint density at radius 2 is 2.04 bits per heavy atom. The second-order valence-corrected chi connectivity index (χ2v) is 5.68. The fourth-order valence-electron chi connectivity index (χ4n) is 3.12. The molecule has 1 aliphatic rings. The van der Waals surface area contributed by atoms with Crippen LogP contribution in [-0.2, 0) is 12.8 Å². The number of nitrogens with two attached hydrogens (primary N) is 2. The van der Waals surface area contributed by atoms with E-state index in [1.807, 2.05) is 0 Å². The molecule has 0 saturated heterocycles. The van der Waals surface area contributed by atoms with Crippen molar-refractivity contribution < 1.29 is 8.78 Å². The normalized spacial score (nSPS) is 16.7. The lowest BCUT2D eigenvalue weighted by molar-refractivity contribution is -0.0121. The predicted molar refractivity (Wildman–Crippen MR) is 89.8 cm³/mol. The van der Waals surface area contributed by atoms with Crippen LogP contribution < -0.4 is 11.5 Å². The van der Waals surface area contributed by atoms with Crippen LogP contribution in [0.4, 0.5) is 14.6 Å². The minimum absolute atomic E-state index is 0.133. The number of alkyl halides is 2. The first-order valence-corrected chi connectivity index (χ1v) is 7.33. The monoisotopic (exact) mass is 330 g/mol. The van der Waals surface area contributed by atoms with Crippen molar-refractivity contribution in [3.63, 3.8) is 0 Å². The number of nitrogens with zero attached hydrogens (tertiary/aromatic N) is 2. The van der Waals surface area contributed by atoms with E-state index in [1.54, 1.807) is 0 Å². The zero-order chi connectivity index (χ0) is 17.5. The minimum Gasteiger partial charge on any atom is -0.404 e. The first kappa shape index (κ1) is 16.0. The summed E-state index contributed by atoms with van der Waals surface area (Å²) in [7, 11) is 0. The van der Waals surface area contributed by atoms with Crippen LogP contribution in [-0.4, -0.2) is 28.3 Å². The topological polar surface area (TPSA) is 126 Å². The molecule has 2 aromatic heterocycles. The third-order valence-corrected chi connectivity index (χ3v) is 4.24. The summed E-state index contributed by atoms with van der Waals surface area (Å²) >= 11 is 0. The second-order valence-electron chi connectivity index (χ2n) is 5.68. The molecule has 2 heterocycles. The number of nitrogens with one attached hydrogen (secondary N) is 2. The van der Waals surface area contributed by atoms with Gasteiger partial charge in [0.05, 0.1) is 17.4 Å². The molecule has 1 aliphatic carbocycles. The van der Waals surface area contributed by atoms with Crippen LogP contribution in [0.1, 0.15) is 28.8 Å². The Bertz CT molecular complexity index is 888. The van der Waals surface area contributed by atoms with Crippen molar-refractivity contribution in [2.75, 3.05) is 5.73 Å². The van der Waals surface area contributed by atoms with E-state index in [1.165, 1.54) is 12.4 Å². The largest absolute Gasteiger partial charge is 0.404 e. The van der Waals surface area contributed by atoms with Gasteiger partial charge in [0.25, 0.3) is 5.92 Å². The molecule has 0 fully saturated rings. The molecule has 0 amide bonds. The molecule has 3 rings (SSSR count). The Kier molecular flexibility index (Phi) is 3.75. The van der Waals surface area contributed by atoms with Gasteiger partial charge in [0.1, 0.15) is 5.82 Å².